The van der Waals surface area contributed by atoms with Gasteiger partial charge >= 0.3 is 5.97 Å². The van der Waals surface area contributed by atoms with Crippen LogP contribution >= 0.6 is 0 Å². The van der Waals surface area contributed by atoms with Crippen molar-refractivity contribution in [1.29, 1.82) is 0 Å². The van der Waals surface area contributed by atoms with Gasteiger partial charge in [-0.15, -0.1) is 0 Å². The van der Waals surface area contributed by atoms with E-state index >= 15 is 0 Å². The number of carbonyl (C=O) groups excluding carboxylic acids is 1. The molecule has 3 aromatic carbocycles. The molecule has 0 aliphatic rings. The van der Waals surface area contributed by atoms with Crippen LogP contribution in [0.15, 0.2) is 54.6 Å². The number of carbonyl (C=O) groups is 2. The topological polar surface area (TPSA) is 80.6 Å². The van der Waals surface area contributed by atoms with Gasteiger partial charge in [-0.2, -0.15) is 0 Å². The average molecular weight is 521 g/mol. The molecule has 0 aliphatic heterocycles. The van der Waals surface area contributed by atoms with Crippen LogP contribution in [0.5, 0.6) is 11.5 Å². The smallest absolute Gasteiger partial charge is 0.303 e. The van der Waals surface area contributed by atoms with E-state index in [0.717, 1.165) is 16.6 Å². The zero-order valence-electron chi connectivity index (χ0n) is 21.8. The van der Waals surface area contributed by atoms with Gasteiger partial charge in [0.05, 0.1) is 6.04 Å². The maximum atomic E-state index is 14.6. The van der Waals surface area contributed by atoms with Gasteiger partial charge < -0.3 is 19.7 Å². The molecule has 0 aliphatic carbocycles. The Hall–Kier alpha value is -4.20. The minimum atomic E-state index is -0.862. The molecule has 4 aromatic rings. The van der Waals surface area contributed by atoms with Crippen molar-refractivity contribution in [3.05, 3.63) is 94.2 Å². The van der Waals surface area contributed by atoms with Gasteiger partial charge in [0.1, 0.15) is 28.8 Å². The van der Waals surface area contributed by atoms with Crippen LogP contribution in [0.3, 0.4) is 0 Å². The van der Waals surface area contributed by atoms with Gasteiger partial charge in [0.15, 0.2) is 0 Å². The quantitative estimate of drug-likeness (QED) is 0.255. The predicted molar refractivity (Wildman–Crippen MR) is 142 cm³/mol. The lowest BCUT2D eigenvalue weighted by molar-refractivity contribution is -0.136. The Morgan fingerprint density at radius 2 is 1.76 bits per heavy atom. The van der Waals surface area contributed by atoms with Crippen molar-refractivity contribution in [2.45, 2.75) is 46.1 Å². The van der Waals surface area contributed by atoms with Crippen molar-refractivity contribution < 1.29 is 28.2 Å². The first-order valence-electron chi connectivity index (χ1n) is 12.4. The van der Waals surface area contributed by atoms with Gasteiger partial charge in [0.2, 0.25) is 0 Å². The fourth-order valence-electron chi connectivity index (χ4n) is 4.81. The Kier molecular flexibility index (Phi) is 7.80. The van der Waals surface area contributed by atoms with Crippen LogP contribution in [0.1, 0.15) is 58.5 Å². The van der Waals surface area contributed by atoms with E-state index in [1.807, 2.05) is 13.8 Å². The first-order valence-corrected chi connectivity index (χ1v) is 12.4. The number of carboxylic acid groups (broad SMARTS) is 1. The highest BCUT2D eigenvalue weighted by atomic mass is 19.1. The summed E-state index contributed by atoms with van der Waals surface area (Å²) in [6, 6.07) is 13.6. The number of aryl methyl sites for hydroxylation is 4. The normalized spacial score (nSPS) is 11.9. The van der Waals surface area contributed by atoms with Crippen LogP contribution in [0.4, 0.5) is 8.78 Å². The molecule has 1 unspecified atom stereocenters. The highest BCUT2D eigenvalue weighted by Crippen LogP contribution is 2.30. The van der Waals surface area contributed by atoms with Gasteiger partial charge in [0, 0.05) is 30.4 Å². The molecule has 38 heavy (non-hydrogen) atoms. The molecule has 6 nitrogen and oxygen atoms in total. The molecule has 1 amide bonds. The summed E-state index contributed by atoms with van der Waals surface area (Å²) in [5, 5.41) is 12.6. The first kappa shape index (κ1) is 26.9. The first-order chi connectivity index (χ1) is 18.1. The van der Waals surface area contributed by atoms with Crippen LogP contribution in [0, 0.1) is 25.5 Å². The number of halogens is 2. The summed E-state index contributed by atoms with van der Waals surface area (Å²) in [4.78, 5) is 24.2. The van der Waals surface area contributed by atoms with Crippen LogP contribution < -0.4 is 10.1 Å². The number of hydrogen-bond acceptors (Lipinski definition) is 3. The molecular weight excluding hydrogens is 490 g/mol. The van der Waals surface area contributed by atoms with Crippen molar-refractivity contribution in [2.75, 3.05) is 0 Å². The Balaban J connectivity index is 1.56. The number of amides is 1. The van der Waals surface area contributed by atoms with Crippen LogP contribution in [0.25, 0.3) is 10.9 Å². The van der Waals surface area contributed by atoms with Gasteiger partial charge in [-0.1, -0.05) is 13.0 Å². The minimum Gasteiger partial charge on any atom is -0.481 e. The Morgan fingerprint density at radius 3 is 2.45 bits per heavy atom. The Morgan fingerprint density at radius 1 is 1.00 bits per heavy atom. The van der Waals surface area contributed by atoms with Crippen LogP contribution in [0.2, 0.25) is 0 Å². The number of nitrogens with zero attached hydrogens (tertiary/aromatic N) is 1. The molecule has 0 saturated carbocycles. The van der Waals surface area contributed by atoms with E-state index in [9.17, 15) is 18.4 Å². The number of aliphatic carboxylic acids is 1. The number of ether oxygens (including phenoxy) is 1. The zero-order valence-corrected chi connectivity index (χ0v) is 21.8. The standard InChI is InChI=1S/C30H30F2N2O4/c1-5-26(33-30(37)29-18(3)25-16-21(31)8-10-27(25)34(29)4)20-13-22(32)15-24(14-20)38-23-9-6-19(17(2)12-23)7-11-28(35)36/h6,8-10,12-16,26H,5,7,11H2,1-4H3,(H,33,37)(H,35,36). The molecule has 198 valence electrons. The number of benzene rings is 3. The van der Waals surface area contributed by atoms with E-state index in [0.29, 0.717) is 40.8 Å². The van der Waals surface area contributed by atoms with Gasteiger partial charge in [-0.25, -0.2) is 8.78 Å². The molecular formula is C30H30F2N2O4. The summed E-state index contributed by atoms with van der Waals surface area (Å²) in [5.74, 6) is -1.31. The Bertz CT molecular complexity index is 1530. The van der Waals surface area contributed by atoms with Crippen molar-refractivity contribution in [2.24, 2.45) is 7.05 Å². The van der Waals surface area contributed by atoms with E-state index in [1.165, 1.54) is 24.3 Å². The largest absolute Gasteiger partial charge is 0.481 e. The van der Waals surface area contributed by atoms with E-state index in [4.69, 9.17) is 9.84 Å². The highest BCUT2D eigenvalue weighted by Gasteiger charge is 2.22. The number of aromatic nitrogens is 1. The summed E-state index contributed by atoms with van der Waals surface area (Å²) in [6.07, 6.45) is 0.950. The van der Waals surface area contributed by atoms with E-state index in [2.05, 4.69) is 5.32 Å². The van der Waals surface area contributed by atoms with E-state index < -0.39 is 17.8 Å². The van der Waals surface area contributed by atoms with Gasteiger partial charge in [-0.3, -0.25) is 9.59 Å². The lowest BCUT2D eigenvalue weighted by Gasteiger charge is -2.19. The maximum absolute atomic E-state index is 14.6. The number of carboxylic acids is 1. The van der Waals surface area contributed by atoms with Gasteiger partial charge in [-0.05, 0) is 91.4 Å². The monoisotopic (exact) mass is 520 g/mol. The zero-order chi connectivity index (χ0) is 27.6. The molecule has 1 atom stereocenters. The Labute approximate surface area is 219 Å². The second kappa shape index (κ2) is 11.0. The van der Waals surface area contributed by atoms with Crippen LogP contribution in [-0.2, 0) is 18.3 Å². The summed E-state index contributed by atoms with van der Waals surface area (Å²) in [7, 11) is 1.76. The van der Waals surface area contributed by atoms with Crippen LogP contribution in [-0.4, -0.2) is 21.6 Å². The molecule has 4 rings (SSSR count). The SMILES string of the molecule is CCC(NC(=O)c1c(C)c2cc(F)ccc2n1C)c1cc(F)cc(Oc2ccc(CCC(=O)O)c(C)c2)c1. The van der Waals surface area contributed by atoms with Crippen molar-refractivity contribution in [3.63, 3.8) is 0 Å². The van der Waals surface area contributed by atoms with E-state index in [-0.39, 0.29) is 23.9 Å². The third-order valence-electron chi connectivity index (χ3n) is 6.80. The molecule has 0 radical (unpaired) electrons. The molecule has 1 aromatic heterocycles. The molecule has 0 bridgehead atoms. The summed E-state index contributed by atoms with van der Waals surface area (Å²) in [6.45, 7) is 5.53. The molecule has 1 heterocycles. The second-order valence-electron chi connectivity index (χ2n) is 9.43. The third kappa shape index (κ3) is 5.69. The lowest BCUT2D eigenvalue weighted by Crippen LogP contribution is -2.30. The lowest BCUT2D eigenvalue weighted by atomic mass is 10.0. The number of rotatable bonds is 9. The molecule has 0 fully saturated rings. The number of fused-ring (bicyclic) bond motifs is 1. The highest BCUT2D eigenvalue weighted by molar-refractivity contribution is 6.01. The minimum absolute atomic E-state index is 0.0353. The summed E-state index contributed by atoms with van der Waals surface area (Å²) < 4.78 is 36.1. The fourth-order valence-corrected chi connectivity index (χ4v) is 4.81. The summed E-state index contributed by atoms with van der Waals surface area (Å²) >= 11 is 0. The average Bonchev–Trinajstić information content (AvgIpc) is 3.10. The number of hydrogen-bond donors (Lipinski definition) is 2. The fraction of sp³-hybridized carbons (Fsp3) is 0.267. The molecule has 8 heteroatoms. The molecule has 2 N–H and O–H groups in total. The number of nitrogens with one attached hydrogen (secondary N) is 1. The van der Waals surface area contributed by atoms with Gasteiger partial charge in [0.25, 0.3) is 5.91 Å². The molecule has 0 spiro atoms. The summed E-state index contributed by atoms with van der Waals surface area (Å²) in [5.41, 5.74) is 4.15. The van der Waals surface area contributed by atoms with Crippen molar-refractivity contribution in [1.82, 2.24) is 9.88 Å². The predicted octanol–water partition coefficient (Wildman–Crippen LogP) is 6.76. The van der Waals surface area contributed by atoms with Crippen molar-refractivity contribution in [3.8, 4) is 11.5 Å². The third-order valence-corrected chi connectivity index (χ3v) is 6.80. The maximum Gasteiger partial charge on any atom is 0.303 e. The second-order valence-corrected chi connectivity index (χ2v) is 9.43. The van der Waals surface area contributed by atoms with Crippen molar-refractivity contribution >= 4 is 22.8 Å². The molecule has 0 saturated heterocycles. The van der Waals surface area contributed by atoms with E-state index in [1.54, 1.807) is 48.9 Å².